The Kier molecular flexibility index (Phi) is 4.40. The van der Waals surface area contributed by atoms with Crippen molar-refractivity contribution in [2.24, 2.45) is 0 Å². The van der Waals surface area contributed by atoms with Gasteiger partial charge in [-0.15, -0.1) is 0 Å². The minimum Gasteiger partial charge on any atom is -0.496 e. The maximum Gasteiger partial charge on any atom is 0.161 e. The number of rotatable bonds is 5. The van der Waals surface area contributed by atoms with Crippen LogP contribution in [0.4, 0.5) is 0 Å². The van der Waals surface area contributed by atoms with E-state index < -0.39 is 0 Å². The van der Waals surface area contributed by atoms with Crippen molar-refractivity contribution in [1.82, 2.24) is 5.32 Å². The highest BCUT2D eigenvalue weighted by atomic mass is 16.6. The molecule has 0 saturated carbocycles. The quantitative estimate of drug-likeness (QED) is 0.906. The van der Waals surface area contributed by atoms with Gasteiger partial charge in [0.2, 0.25) is 0 Å². The average Bonchev–Trinajstić information content (AvgIpc) is 2.99. The van der Waals surface area contributed by atoms with E-state index in [4.69, 9.17) is 18.9 Å². The van der Waals surface area contributed by atoms with E-state index in [-0.39, 0.29) is 12.2 Å². The predicted octanol–water partition coefficient (Wildman–Crippen LogP) is 2.95. The third kappa shape index (κ3) is 3.37. The molecule has 0 spiro atoms. The Morgan fingerprint density at radius 2 is 1.96 bits per heavy atom. The monoisotopic (exact) mass is 341 g/mol. The molecule has 2 aromatic carbocycles. The van der Waals surface area contributed by atoms with E-state index in [0.717, 1.165) is 35.0 Å². The first-order chi connectivity index (χ1) is 12.2. The molecule has 0 fully saturated rings. The standard InChI is InChI=1S/C20H23NO4/c1-13-7-14-8-19(22-2)15(9-20(14)24-13)10-21-11-16-12-23-17-5-3-4-6-18(17)25-16/h3-6,8-9,13,16,21H,7,10-12H2,1-2H3/t13-,16-/m0/s1. The molecule has 5 nitrogen and oxygen atoms in total. The van der Waals surface area contributed by atoms with E-state index in [1.165, 1.54) is 5.56 Å². The summed E-state index contributed by atoms with van der Waals surface area (Å²) in [5.74, 6) is 3.48. The average molecular weight is 341 g/mol. The smallest absolute Gasteiger partial charge is 0.161 e. The van der Waals surface area contributed by atoms with Crippen LogP contribution in [0.25, 0.3) is 0 Å². The number of hydrogen-bond acceptors (Lipinski definition) is 5. The summed E-state index contributed by atoms with van der Waals surface area (Å²) in [6.07, 6.45) is 1.16. The molecule has 0 unspecified atom stereocenters. The highest BCUT2D eigenvalue weighted by Crippen LogP contribution is 2.35. The second-order valence-electron chi connectivity index (χ2n) is 6.53. The second-order valence-corrected chi connectivity index (χ2v) is 6.53. The lowest BCUT2D eigenvalue weighted by molar-refractivity contribution is 0.0902. The number of para-hydroxylation sites is 2. The van der Waals surface area contributed by atoms with Gasteiger partial charge >= 0.3 is 0 Å². The van der Waals surface area contributed by atoms with E-state index >= 15 is 0 Å². The number of fused-ring (bicyclic) bond motifs is 2. The fraction of sp³-hybridized carbons (Fsp3) is 0.400. The lowest BCUT2D eigenvalue weighted by Crippen LogP contribution is -2.38. The van der Waals surface area contributed by atoms with Gasteiger partial charge < -0.3 is 24.3 Å². The van der Waals surface area contributed by atoms with Crippen molar-refractivity contribution < 1.29 is 18.9 Å². The molecule has 2 aliphatic heterocycles. The molecule has 5 heteroatoms. The van der Waals surface area contributed by atoms with Crippen molar-refractivity contribution in [2.45, 2.75) is 32.1 Å². The minimum atomic E-state index is -0.00778. The summed E-state index contributed by atoms with van der Waals surface area (Å²) >= 11 is 0. The zero-order chi connectivity index (χ0) is 17.2. The van der Waals surface area contributed by atoms with E-state index in [2.05, 4.69) is 24.4 Å². The van der Waals surface area contributed by atoms with Gasteiger partial charge in [0, 0.05) is 30.6 Å². The van der Waals surface area contributed by atoms with Crippen LogP contribution in [0.5, 0.6) is 23.0 Å². The maximum absolute atomic E-state index is 5.97. The molecule has 2 heterocycles. The maximum atomic E-state index is 5.97. The molecule has 0 radical (unpaired) electrons. The molecule has 1 N–H and O–H groups in total. The highest BCUT2D eigenvalue weighted by molar-refractivity contribution is 5.48. The number of methoxy groups -OCH3 is 1. The number of hydrogen-bond donors (Lipinski definition) is 1. The molecule has 2 aromatic rings. The van der Waals surface area contributed by atoms with Crippen molar-refractivity contribution in [1.29, 1.82) is 0 Å². The largest absolute Gasteiger partial charge is 0.496 e. The SMILES string of the molecule is COc1cc2c(cc1CNC[C@H]1COc3ccccc3O1)O[C@@H](C)C2. The molecular weight excluding hydrogens is 318 g/mol. The van der Waals surface area contributed by atoms with Crippen LogP contribution in [-0.2, 0) is 13.0 Å². The van der Waals surface area contributed by atoms with Crippen molar-refractivity contribution in [2.75, 3.05) is 20.3 Å². The van der Waals surface area contributed by atoms with Crippen LogP contribution in [-0.4, -0.2) is 32.5 Å². The van der Waals surface area contributed by atoms with Gasteiger partial charge in [-0.2, -0.15) is 0 Å². The number of nitrogens with one attached hydrogen (secondary N) is 1. The van der Waals surface area contributed by atoms with Crippen molar-refractivity contribution in [3.05, 3.63) is 47.5 Å². The number of benzene rings is 2. The number of ether oxygens (including phenoxy) is 4. The molecule has 0 aromatic heterocycles. The molecule has 0 bridgehead atoms. The Morgan fingerprint density at radius 1 is 1.12 bits per heavy atom. The highest BCUT2D eigenvalue weighted by Gasteiger charge is 2.23. The lowest BCUT2D eigenvalue weighted by Gasteiger charge is -2.26. The molecule has 4 rings (SSSR count). The molecule has 0 amide bonds. The zero-order valence-electron chi connectivity index (χ0n) is 14.6. The van der Waals surface area contributed by atoms with Crippen molar-refractivity contribution in [3.8, 4) is 23.0 Å². The summed E-state index contributed by atoms with van der Waals surface area (Å²) in [7, 11) is 1.71. The van der Waals surface area contributed by atoms with Crippen LogP contribution in [0.2, 0.25) is 0 Å². The molecule has 2 aliphatic rings. The fourth-order valence-corrected chi connectivity index (χ4v) is 3.34. The Labute approximate surface area is 147 Å². The molecule has 132 valence electrons. The summed E-state index contributed by atoms with van der Waals surface area (Å²) < 4.78 is 23.1. The molecule has 0 aliphatic carbocycles. The Morgan fingerprint density at radius 3 is 2.80 bits per heavy atom. The van der Waals surface area contributed by atoms with Gasteiger partial charge in [0.15, 0.2) is 11.5 Å². The van der Waals surface area contributed by atoms with E-state index in [0.29, 0.717) is 19.7 Å². The van der Waals surface area contributed by atoms with Crippen LogP contribution in [0, 0.1) is 0 Å². The summed E-state index contributed by atoms with van der Waals surface area (Å²) in [6, 6.07) is 11.9. The Hall–Kier alpha value is -2.40. The van der Waals surface area contributed by atoms with E-state index in [1.54, 1.807) is 7.11 Å². The molecule has 0 saturated heterocycles. The van der Waals surface area contributed by atoms with Crippen LogP contribution < -0.4 is 24.3 Å². The third-order valence-corrected chi connectivity index (χ3v) is 4.55. The molecule has 2 atom stereocenters. The summed E-state index contributed by atoms with van der Waals surface area (Å²) in [5.41, 5.74) is 2.31. The predicted molar refractivity (Wildman–Crippen MR) is 94.8 cm³/mol. The first-order valence-electron chi connectivity index (χ1n) is 8.68. The summed E-state index contributed by atoms with van der Waals surface area (Å²) in [6.45, 7) is 4.02. The fourth-order valence-electron chi connectivity index (χ4n) is 3.34. The third-order valence-electron chi connectivity index (χ3n) is 4.55. The van der Waals surface area contributed by atoms with Gasteiger partial charge in [0.25, 0.3) is 0 Å². The van der Waals surface area contributed by atoms with Gasteiger partial charge in [0.1, 0.15) is 30.3 Å². The summed E-state index contributed by atoms with van der Waals surface area (Å²) in [4.78, 5) is 0. The van der Waals surface area contributed by atoms with Crippen LogP contribution in [0.1, 0.15) is 18.1 Å². The molecular formula is C20H23NO4. The Balaban J connectivity index is 1.37. The van der Waals surface area contributed by atoms with E-state index in [9.17, 15) is 0 Å². The van der Waals surface area contributed by atoms with Gasteiger partial charge in [-0.25, -0.2) is 0 Å². The van der Waals surface area contributed by atoms with Crippen LogP contribution in [0.3, 0.4) is 0 Å². The minimum absolute atomic E-state index is 0.00778. The van der Waals surface area contributed by atoms with Gasteiger partial charge in [-0.1, -0.05) is 12.1 Å². The normalized spacial score (nSPS) is 20.7. The summed E-state index contributed by atoms with van der Waals surface area (Å²) in [5, 5.41) is 3.44. The van der Waals surface area contributed by atoms with Gasteiger partial charge in [-0.05, 0) is 31.2 Å². The van der Waals surface area contributed by atoms with Crippen molar-refractivity contribution in [3.63, 3.8) is 0 Å². The molecule has 25 heavy (non-hydrogen) atoms. The first kappa shape index (κ1) is 16.1. The van der Waals surface area contributed by atoms with Crippen LogP contribution in [0.15, 0.2) is 36.4 Å². The zero-order valence-corrected chi connectivity index (χ0v) is 14.6. The Bertz CT molecular complexity index is 761. The van der Waals surface area contributed by atoms with E-state index in [1.807, 2.05) is 24.3 Å². The van der Waals surface area contributed by atoms with Gasteiger partial charge in [0.05, 0.1) is 7.11 Å². The topological polar surface area (TPSA) is 49.0 Å². The second kappa shape index (κ2) is 6.84. The van der Waals surface area contributed by atoms with Gasteiger partial charge in [-0.3, -0.25) is 0 Å². The lowest BCUT2D eigenvalue weighted by atomic mass is 10.1. The first-order valence-corrected chi connectivity index (χ1v) is 8.68. The van der Waals surface area contributed by atoms with Crippen molar-refractivity contribution >= 4 is 0 Å². The van der Waals surface area contributed by atoms with Crippen LogP contribution >= 0.6 is 0 Å².